The first-order valence-electron chi connectivity index (χ1n) is 9.20. The molecule has 1 saturated heterocycles. The molecule has 26 heavy (non-hydrogen) atoms. The van der Waals surface area contributed by atoms with E-state index in [4.69, 9.17) is 4.52 Å². The van der Waals surface area contributed by atoms with Gasteiger partial charge in [0.25, 0.3) is 5.91 Å². The Labute approximate surface area is 153 Å². The van der Waals surface area contributed by atoms with E-state index in [1.807, 2.05) is 25.2 Å². The van der Waals surface area contributed by atoms with Crippen molar-refractivity contribution in [3.05, 3.63) is 41.4 Å². The van der Waals surface area contributed by atoms with Crippen LogP contribution in [0.15, 0.2) is 29.1 Å². The van der Waals surface area contributed by atoms with Gasteiger partial charge in [0, 0.05) is 44.8 Å². The molecule has 7 nitrogen and oxygen atoms in total. The standard InChI is InChI=1S/C19H25N5O2/c1-22(2)12-14-3-6-17(20-11-14)23-7-9-24(10-8-23)19(25)16-13-26-21-18(16)15-4-5-15/h3,6,11,13,15H,4-5,7-10,12H2,1-2H3. The van der Waals surface area contributed by atoms with Crippen molar-refractivity contribution in [3.8, 4) is 0 Å². The topological polar surface area (TPSA) is 65.7 Å². The van der Waals surface area contributed by atoms with Crippen LogP contribution < -0.4 is 4.90 Å². The maximum Gasteiger partial charge on any atom is 0.259 e. The second-order valence-corrected chi connectivity index (χ2v) is 7.43. The fourth-order valence-corrected chi connectivity index (χ4v) is 3.43. The van der Waals surface area contributed by atoms with Gasteiger partial charge in [0.15, 0.2) is 0 Å². The third-order valence-corrected chi connectivity index (χ3v) is 4.99. The van der Waals surface area contributed by atoms with Crippen LogP contribution in [0.1, 0.15) is 40.4 Å². The largest absolute Gasteiger partial charge is 0.364 e. The fraction of sp³-hybridized carbons (Fsp3) is 0.526. The predicted molar refractivity (Wildman–Crippen MR) is 98.2 cm³/mol. The predicted octanol–water partition coefficient (Wildman–Crippen LogP) is 1.97. The second kappa shape index (κ2) is 7.07. The molecule has 0 bridgehead atoms. The van der Waals surface area contributed by atoms with Crippen LogP contribution in [-0.2, 0) is 6.54 Å². The molecule has 1 aliphatic heterocycles. The number of carbonyl (C=O) groups excluding carboxylic acids is 1. The highest BCUT2D eigenvalue weighted by atomic mass is 16.5. The zero-order valence-corrected chi connectivity index (χ0v) is 15.4. The number of pyridine rings is 1. The lowest BCUT2D eigenvalue weighted by molar-refractivity contribution is 0.0744. The number of hydrogen-bond acceptors (Lipinski definition) is 6. The molecule has 1 saturated carbocycles. The summed E-state index contributed by atoms with van der Waals surface area (Å²) in [6.45, 7) is 3.84. The number of aromatic nitrogens is 2. The van der Waals surface area contributed by atoms with Gasteiger partial charge in [-0.25, -0.2) is 4.98 Å². The van der Waals surface area contributed by atoms with Crippen LogP contribution in [0.3, 0.4) is 0 Å². The average Bonchev–Trinajstić information content (AvgIpc) is 3.38. The van der Waals surface area contributed by atoms with Crippen molar-refractivity contribution in [2.24, 2.45) is 0 Å². The Bertz CT molecular complexity index is 758. The normalized spacial score (nSPS) is 17.8. The highest BCUT2D eigenvalue weighted by molar-refractivity contribution is 5.95. The fourth-order valence-electron chi connectivity index (χ4n) is 3.43. The smallest absolute Gasteiger partial charge is 0.259 e. The van der Waals surface area contributed by atoms with E-state index < -0.39 is 0 Å². The van der Waals surface area contributed by atoms with Gasteiger partial charge in [0.1, 0.15) is 17.6 Å². The minimum absolute atomic E-state index is 0.0436. The lowest BCUT2D eigenvalue weighted by Gasteiger charge is -2.35. The van der Waals surface area contributed by atoms with Crippen LogP contribution in [0.5, 0.6) is 0 Å². The number of nitrogens with zero attached hydrogens (tertiary/aromatic N) is 5. The Morgan fingerprint density at radius 1 is 1.23 bits per heavy atom. The Hall–Kier alpha value is -2.41. The molecule has 2 aliphatic rings. The lowest BCUT2D eigenvalue weighted by atomic mass is 10.1. The van der Waals surface area contributed by atoms with Gasteiger partial charge < -0.3 is 19.2 Å². The third-order valence-electron chi connectivity index (χ3n) is 4.99. The van der Waals surface area contributed by atoms with Crippen LogP contribution in [0.2, 0.25) is 0 Å². The molecule has 0 radical (unpaired) electrons. The van der Waals surface area contributed by atoms with Crippen molar-refractivity contribution >= 4 is 11.7 Å². The Morgan fingerprint density at radius 3 is 2.62 bits per heavy atom. The summed E-state index contributed by atoms with van der Waals surface area (Å²) in [6, 6.07) is 4.19. The number of piperazine rings is 1. The summed E-state index contributed by atoms with van der Waals surface area (Å²) >= 11 is 0. The summed E-state index contributed by atoms with van der Waals surface area (Å²) in [7, 11) is 4.10. The summed E-state index contributed by atoms with van der Waals surface area (Å²) in [5, 5.41) is 4.04. The van der Waals surface area contributed by atoms with Crippen LogP contribution in [0.4, 0.5) is 5.82 Å². The van der Waals surface area contributed by atoms with Gasteiger partial charge in [0.05, 0.1) is 5.69 Å². The van der Waals surface area contributed by atoms with Crippen LogP contribution in [0, 0.1) is 0 Å². The molecule has 0 atom stereocenters. The quantitative estimate of drug-likeness (QED) is 0.817. The van der Waals surface area contributed by atoms with Gasteiger partial charge in [-0.3, -0.25) is 4.79 Å². The summed E-state index contributed by atoms with van der Waals surface area (Å²) in [5.74, 6) is 1.43. The van der Waals surface area contributed by atoms with Crippen LogP contribution >= 0.6 is 0 Å². The second-order valence-electron chi connectivity index (χ2n) is 7.43. The van der Waals surface area contributed by atoms with E-state index in [0.29, 0.717) is 24.6 Å². The molecule has 2 aromatic heterocycles. The Kier molecular flexibility index (Phi) is 4.63. The van der Waals surface area contributed by atoms with Gasteiger partial charge in [0.2, 0.25) is 0 Å². The highest BCUT2D eigenvalue weighted by Gasteiger charge is 2.34. The molecule has 3 heterocycles. The third kappa shape index (κ3) is 3.58. The average molecular weight is 355 g/mol. The molecular weight excluding hydrogens is 330 g/mol. The van der Waals surface area contributed by atoms with Gasteiger partial charge in [-0.15, -0.1) is 0 Å². The number of rotatable bonds is 5. The SMILES string of the molecule is CN(C)Cc1ccc(N2CCN(C(=O)c3conc3C3CC3)CC2)nc1. The van der Waals surface area contributed by atoms with E-state index in [0.717, 1.165) is 44.0 Å². The van der Waals surface area contributed by atoms with Crippen molar-refractivity contribution in [2.75, 3.05) is 45.2 Å². The molecular formula is C19H25N5O2. The molecule has 2 aromatic rings. The minimum Gasteiger partial charge on any atom is -0.364 e. The van der Waals surface area contributed by atoms with E-state index in [1.54, 1.807) is 0 Å². The monoisotopic (exact) mass is 355 g/mol. The molecule has 2 fully saturated rings. The molecule has 0 N–H and O–H groups in total. The van der Waals surface area contributed by atoms with E-state index in [-0.39, 0.29) is 5.91 Å². The van der Waals surface area contributed by atoms with Crippen molar-refractivity contribution < 1.29 is 9.32 Å². The molecule has 1 aliphatic carbocycles. The molecule has 1 amide bonds. The van der Waals surface area contributed by atoms with E-state index >= 15 is 0 Å². The maximum absolute atomic E-state index is 12.8. The maximum atomic E-state index is 12.8. The molecule has 138 valence electrons. The van der Waals surface area contributed by atoms with E-state index in [2.05, 4.69) is 32.1 Å². The summed E-state index contributed by atoms with van der Waals surface area (Å²) in [6.07, 6.45) is 5.66. The summed E-state index contributed by atoms with van der Waals surface area (Å²) in [4.78, 5) is 23.6. The Morgan fingerprint density at radius 2 is 2.00 bits per heavy atom. The van der Waals surface area contributed by atoms with Crippen molar-refractivity contribution in [2.45, 2.75) is 25.3 Å². The van der Waals surface area contributed by atoms with Gasteiger partial charge in [-0.2, -0.15) is 0 Å². The van der Waals surface area contributed by atoms with Crippen molar-refractivity contribution in [1.29, 1.82) is 0 Å². The molecule has 0 aromatic carbocycles. The number of carbonyl (C=O) groups is 1. The highest BCUT2D eigenvalue weighted by Crippen LogP contribution is 2.41. The lowest BCUT2D eigenvalue weighted by Crippen LogP contribution is -2.49. The molecule has 0 unspecified atom stereocenters. The van der Waals surface area contributed by atoms with Gasteiger partial charge in [-0.1, -0.05) is 11.2 Å². The zero-order valence-electron chi connectivity index (χ0n) is 15.4. The number of amides is 1. The van der Waals surface area contributed by atoms with Crippen LogP contribution in [0.25, 0.3) is 0 Å². The first kappa shape index (κ1) is 17.0. The zero-order chi connectivity index (χ0) is 18.1. The summed E-state index contributed by atoms with van der Waals surface area (Å²) in [5.41, 5.74) is 2.69. The van der Waals surface area contributed by atoms with Crippen molar-refractivity contribution in [1.82, 2.24) is 19.9 Å². The first-order valence-corrected chi connectivity index (χ1v) is 9.20. The number of hydrogen-bond donors (Lipinski definition) is 0. The summed E-state index contributed by atoms with van der Waals surface area (Å²) < 4.78 is 5.07. The van der Waals surface area contributed by atoms with E-state index in [9.17, 15) is 4.79 Å². The number of anilines is 1. The molecule has 4 rings (SSSR count). The minimum atomic E-state index is 0.0436. The van der Waals surface area contributed by atoms with Crippen molar-refractivity contribution in [3.63, 3.8) is 0 Å². The first-order chi connectivity index (χ1) is 12.6. The van der Waals surface area contributed by atoms with Gasteiger partial charge in [-0.05, 0) is 38.6 Å². The molecule has 0 spiro atoms. The van der Waals surface area contributed by atoms with Gasteiger partial charge >= 0.3 is 0 Å². The van der Waals surface area contributed by atoms with E-state index in [1.165, 1.54) is 11.8 Å². The Balaban J connectivity index is 1.36. The molecule has 7 heteroatoms. The van der Waals surface area contributed by atoms with Crippen LogP contribution in [-0.4, -0.2) is 66.1 Å².